The summed E-state index contributed by atoms with van der Waals surface area (Å²) in [7, 11) is 0. The van der Waals surface area contributed by atoms with Crippen molar-refractivity contribution in [2.24, 2.45) is 5.73 Å². The molecule has 1 aliphatic heterocycles. The number of hydrogen-bond acceptors (Lipinski definition) is 4. The van der Waals surface area contributed by atoms with E-state index in [4.69, 9.17) is 5.73 Å². The van der Waals surface area contributed by atoms with E-state index < -0.39 is 0 Å². The molecule has 0 saturated carbocycles. The van der Waals surface area contributed by atoms with E-state index in [0.717, 1.165) is 19.4 Å². The number of carbonyl (C=O) groups excluding carboxylic acids is 2. The Bertz CT molecular complexity index is 739. The van der Waals surface area contributed by atoms with Gasteiger partial charge in [-0.05, 0) is 31.0 Å². The maximum Gasteiger partial charge on any atom is 0.254 e. The molecule has 0 bridgehead atoms. The Labute approximate surface area is 171 Å². The first kappa shape index (κ1) is 23.0. The summed E-state index contributed by atoms with van der Waals surface area (Å²) in [4.78, 5) is 30.5. The second-order valence-electron chi connectivity index (χ2n) is 6.21. The molecule has 1 unspecified atom stereocenters. The minimum absolute atomic E-state index is 0. The van der Waals surface area contributed by atoms with Crippen LogP contribution < -0.4 is 11.1 Å². The average molecular weight is 414 g/mol. The molecule has 2 aromatic rings. The molecule has 0 aliphatic carbocycles. The number of likely N-dealkylation sites (tertiary alicyclic amines) is 1. The Balaban J connectivity index is 0.00000182. The number of nitrogens with one attached hydrogen (secondary N) is 1. The van der Waals surface area contributed by atoms with Crippen molar-refractivity contribution >= 4 is 42.3 Å². The van der Waals surface area contributed by atoms with Gasteiger partial charge in [0.2, 0.25) is 5.91 Å². The van der Waals surface area contributed by atoms with E-state index >= 15 is 0 Å². The first-order chi connectivity index (χ1) is 12.2. The zero-order chi connectivity index (χ0) is 17.6. The van der Waals surface area contributed by atoms with Crippen molar-refractivity contribution < 1.29 is 9.59 Å². The van der Waals surface area contributed by atoms with Gasteiger partial charge in [-0.15, -0.1) is 24.8 Å². The van der Waals surface area contributed by atoms with Gasteiger partial charge in [0.05, 0.1) is 6.33 Å². The zero-order valence-corrected chi connectivity index (χ0v) is 16.5. The summed E-state index contributed by atoms with van der Waals surface area (Å²) in [5.74, 6) is -0.123. The molecule has 9 heteroatoms. The van der Waals surface area contributed by atoms with Crippen molar-refractivity contribution in [3.05, 3.63) is 48.5 Å². The highest BCUT2D eigenvalue weighted by atomic mass is 35.5. The van der Waals surface area contributed by atoms with E-state index in [1.54, 1.807) is 36.8 Å². The fourth-order valence-electron chi connectivity index (χ4n) is 3.12. The second-order valence-corrected chi connectivity index (χ2v) is 6.21. The molecule has 1 aromatic carbocycles. The average Bonchev–Trinajstić information content (AvgIpc) is 3.31. The number of rotatable bonds is 6. The first-order valence-corrected chi connectivity index (χ1v) is 8.54. The van der Waals surface area contributed by atoms with Crippen LogP contribution in [0.4, 0.5) is 5.69 Å². The molecule has 1 aromatic heterocycles. The first-order valence-electron chi connectivity index (χ1n) is 8.54. The van der Waals surface area contributed by atoms with Gasteiger partial charge in [-0.3, -0.25) is 9.59 Å². The number of imidazole rings is 1. The highest BCUT2D eigenvalue weighted by Gasteiger charge is 2.28. The van der Waals surface area contributed by atoms with Crippen molar-refractivity contribution in [3.8, 4) is 0 Å². The monoisotopic (exact) mass is 413 g/mol. The van der Waals surface area contributed by atoms with E-state index in [0.29, 0.717) is 30.8 Å². The second kappa shape index (κ2) is 10.9. The largest absolute Gasteiger partial charge is 0.337 e. The van der Waals surface area contributed by atoms with Crippen LogP contribution in [0.5, 0.6) is 0 Å². The number of halogens is 2. The highest BCUT2D eigenvalue weighted by molar-refractivity contribution is 5.97. The molecular formula is C18H25Cl2N5O2. The maximum absolute atomic E-state index is 12.7. The number of aromatic nitrogens is 2. The Morgan fingerprint density at radius 3 is 2.81 bits per heavy atom. The van der Waals surface area contributed by atoms with Crippen LogP contribution in [0.25, 0.3) is 0 Å². The van der Waals surface area contributed by atoms with E-state index in [1.165, 1.54) is 0 Å². The van der Waals surface area contributed by atoms with Gasteiger partial charge < -0.3 is 20.5 Å². The van der Waals surface area contributed by atoms with Gasteiger partial charge in [0.1, 0.15) is 0 Å². The molecule has 148 valence electrons. The summed E-state index contributed by atoms with van der Waals surface area (Å²) in [6, 6.07) is 7.18. The van der Waals surface area contributed by atoms with Gasteiger partial charge in [-0.1, -0.05) is 6.07 Å². The number of nitrogens with two attached hydrogens (primary N) is 1. The molecule has 27 heavy (non-hydrogen) atoms. The lowest BCUT2D eigenvalue weighted by molar-refractivity contribution is -0.116. The van der Waals surface area contributed by atoms with E-state index in [9.17, 15) is 9.59 Å². The lowest BCUT2D eigenvalue weighted by Crippen LogP contribution is -2.39. The van der Waals surface area contributed by atoms with Crippen LogP contribution in [-0.2, 0) is 11.3 Å². The summed E-state index contributed by atoms with van der Waals surface area (Å²) in [6.07, 6.45) is 7.45. The van der Waals surface area contributed by atoms with Crippen LogP contribution in [-0.4, -0.2) is 45.4 Å². The van der Waals surface area contributed by atoms with Crippen molar-refractivity contribution in [2.75, 3.05) is 18.4 Å². The normalized spacial score (nSPS) is 15.6. The van der Waals surface area contributed by atoms with Crippen LogP contribution in [0.15, 0.2) is 43.0 Å². The minimum Gasteiger partial charge on any atom is -0.337 e. The fraction of sp³-hybridized carbons (Fsp3) is 0.389. The molecule has 3 rings (SSSR count). The van der Waals surface area contributed by atoms with E-state index in [-0.39, 0.29) is 42.7 Å². The summed E-state index contributed by atoms with van der Waals surface area (Å²) in [6.45, 7) is 1.79. The number of carbonyl (C=O) groups is 2. The Kier molecular flexibility index (Phi) is 9.28. The number of benzene rings is 1. The highest BCUT2D eigenvalue weighted by Crippen LogP contribution is 2.21. The quantitative estimate of drug-likeness (QED) is 0.759. The van der Waals surface area contributed by atoms with Crippen molar-refractivity contribution in [1.82, 2.24) is 14.5 Å². The number of amides is 2. The predicted octanol–water partition coefficient (Wildman–Crippen LogP) is 2.32. The molecule has 1 saturated heterocycles. The molecule has 1 fully saturated rings. The molecule has 1 aliphatic rings. The molecule has 2 heterocycles. The van der Waals surface area contributed by atoms with E-state index in [1.807, 2.05) is 15.7 Å². The van der Waals surface area contributed by atoms with Crippen LogP contribution >= 0.6 is 24.8 Å². The molecule has 3 N–H and O–H groups in total. The Morgan fingerprint density at radius 1 is 1.30 bits per heavy atom. The number of hydrogen-bond donors (Lipinski definition) is 2. The Hall–Kier alpha value is -2.09. The third kappa shape index (κ3) is 5.95. The summed E-state index contributed by atoms with van der Waals surface area (Å²) >= 11 is 0. The van der Waals surface area contributed by atoms with Crippen LogP contribution in [0.2, 0.25) is 0 Å². The topological polar surface area (TPSA) is 93.3 Å². The summed E-state index contributed by atoms with van der Waals surface area (Å²) in [5.41, 5.74) is 6.96. The number of anilines is 1. The van der Waals surface area contributed by atoms with Crippen molar-refractivity contribution in [2.45, 2.75) is 31.8 Å². The van der Waals surface area contributed by atoms with Gasteiger partial charge in [0.25, 0.3) is 5.91 Å². The fourth-order valence-corrected chi connectivity index (χ4v) is 3.12. The van der Waals surface area contributed by atoms with Crippen molar-refractivity contribution in [3.63, 3.8) is 0 Å². The lowest BCUT2D eigenvalue weighted by atomic mass is 10.1. The lowest BCUT2D eigenvalue weighted by Gasteiger charge is -2.23. The third-order valence-electron chi connectivity index (χ3n) is 4.46. The SMILES string of the molecule is Cl.Cl.NCC1CCCN1C(=O)c1cccc(NC(=O)CCn2ccnc2)c1. The molecule has 0 radical (unpaired) electrons. The van der Waals surface area contributed by atoms with Crippen molar-refractivity contribution in [1.29, 1.82) is 0 Å². The summed E-state index contributed by atoms with van der Waals surface area (Å²) in [5, 5.41) is 2.85. The Morgan fingerprint density at radius 2 is 2.11 bits per heavy atom. The third-order valence-corrected chi connectivity index (χ3v) is 4.46. The molecular weight excluding hydrogens is 389 g/mol. The maximum atomic E-state index is 12.7. The summed E-state index contributed by atoms with van der Waals surface area (Å²) < 4.78 is 1.85. The predicted molar refractivity (Wildman–Crippen MR) is 110 cm³/mol. The van der Waals surface area contributed by atoms with E-state index in [2.05, 4.69) is 10.3 Å². The van der Waals surface area contributed by atoms with Gasteiger partial charge in [-0.2, -0.15) is 0 Å². The van der Waals surface area contributed by atoms with Crippen LogP contribution in [0, 0.1) is 0 Å². The van der Waals surface area contributed by atoms with Gasteiger partial charge in [0.15, 0.2) is 0 Å². The van der Waals surface area contributed by atoms with Crippen LogP contribution in [0.1, 0.15) is 29.6 Å². The van der Waals surface area contributed by atoms with Gasteiger partial charge in [-0.25, -0.2) is 4.98 Å². The minimum atomic E-state index is -0.0979. The number of aryl methyl sites for hydroxylation is 1. The number of nitrogens with zero attached hydrogens (tertiary/aromatic N) is 3. The molecule has 2 amide bonds. The van der Waals surface area contributed by atoms with Crippen LogP contribution in [0.3, 0.4) is 0 Å². The zero-order valence-electron chi connectivity index (χ0n) is 14.9. The van der Waals surface area contributed by atoms with Gasteiger partial charge >= 0.3 is 0 Å². The standard InChI is InChI=1S/C18H23N5O2.2ClH/c19-12-16-5-2-8-23(16)18(25)14-3-1-4-15(11-14)21-17(24)6-9-22-10-7-20-13-22;;/h1,3-4,7,10-11,13,16H,2,5-6,8-9,12,19H2,(H,21,24);2*1H. The van der Waals surface area contributed by atoms with Gasteiger partial charge in [0, 0.05) is 55.7 Å². The molecule has 0 spiro atoms. The smallest absolute Gasteiger partial charge is 0.254 e. The molecule has 1 atom stereocenters. The molecule has 7 nitrogen and oxygen atoms in total.